The number of fused-ring (bicyclic) bond motifs is 2. The lowest BCUT2D eigenvalue weighted by molar-refractivity contribution is 0.454. The van der Waals surface area contributed by atoms with Crippen molar-refractivity contribution in [1.82, 2.24) is 39.1 Å². The van der Waals surface area contributed by atoms with Crippen LogP contribution in [-0.4, -0.2) is 50.2 Å². The van der Waals surface area contributed by atoms with Crippen LogP contribution in [0.25, 0.3) is 28.7 Å². The fourth-order valence-electron chi connectivity index (χ4n) is 3.46. The molecule has 0 amide bonds. The SMILES string of the molecule is Cc1ccc2c(c1)ncn2-c1nc(=NC2CC2)n2nc/c(=C/c3[nH]c(=O)[nH]c3O)c2n1. The minimum absolute atomic E-state index is 0.231. The number of imidazole rings is 2. The Balaban J connectivity index is 1.64. The standard InChI is InChI=1S/C20H17N9O2/c1-10-2-5-15-13(6-10)21-9-28(15)18-25-16-11(7-14-17(30)26-20(31)24-14)8-22-29(16)19(27-18)23-12-3-4-12/h2,5-9,12,30H,3-4H2,1H3,(H2,24,26,31)/b11-7-,23-19?. The van der Waals surface area contributed by atoms with Crippen LogP contribution in [0.4, 0.5) is 0 Å². The quantitative estimate of drug-likeness (QED) is 0.382. The fourth-order valence-corrected chi connectivity index (χ4v) is 3.46. The lowest BCUT2D eigenvalue weighted by Crippen LogP contribution is -2.25. The van der Waals surface area contributed by atoms with Gasteiger partial charge in [0.1, 0.15) is 12.0 Å². The summed E-state index contributed by atoms with van der Waals surface area (Å²) >= 11 is 0. The van der Waals surface area contributed by atoms with Crippen molar-refractivity contribution in [1.29, 1.82) is 0 Å². The van der Waals surface area contributed by atoms with E-state index < -0.39 is 5.69 Å². The van der Waals surface area contributed by atoms with Crippen molar-refractivity contribution in [3.8, 4) is 11.8 Å². The Hall–Kier alpha value is -4.28. The first-order valence-electron chi connectivity index (χ1n) is 9.82. The van der Waals surface area contributed by atoms with E-state index in [1.165, 1.54) is 0 Å². The van der Waals surface area contributed by atoms with Gasteiger partial charge in [0.15, 0.2) is 5.65 Å². The first kappa shape index (κ1) is 17.6. The molecule has 1 saturated carbocycles. The zero-order valence-corrected chi connectivity index (χ0v) is 16.4. The van der Waals surface area contributed by atoms with Crippen LogP contribution in [0.2, 0.25) is 0 Å². The van der Waals surface area contributed by atoms with Crippen molar-refractivity contribution in [3.05, 3.63) is 63.3 Å². The van der Waals surface area contributed by atoms with Gasteiger partial charge in [-0.1, -0.05) is 6.07 Å². The summed E-state index contributed by atoms with van der Waals surface area (Å²) in [7, 11) is 0. The van der Waals surface area contributed by atoms with Gasteiger partial charge in [-0.3, -0.25) is 9.55 Å². The monoisotopic (exact) mass is 415 g/mol. The Morgan fingerprint density at radius 3 is 2.90 bits per heavy atom. The molecule has 0 radical (unpaired) electrons. The summed E-state index contributed by atoms with van der Waals surface area (Å²) in [6.45, 7) is 2.02. The molecule has 1 aliphatic rings. The number of hydrogen-bond donors (Lipinski definition) is 3. The number of aryl methyl sites for hydroxylation is 1. The van der Waals surface area contributed by atoms with E-state index in [0.29, 0.717) is 22.4 Å². The van der Waals surface area contributed by atoms with Gasteiger partial charge in [-0.2, -0.15) is 19.6 Å². The molecule has 0 unspecified atom stereocenters. The molecule has 4 heterocycles. The van der Waals surface area contributed by atoms with Crippen LogP contribution in [0, 0.1) is 6.92 Å². The maximum Gasteiger partial charge on any atom is 0.326 e. The van der Waals surface area contributed by atoms with Gasteiger partial charge in [0, 0.05) is 5.22 Å². The predicted molar refractivity (Wildman–Crippen MR) is 111 cm³/mol. The normalized spacial score (nSPS) is 15.5. The summed E-state index contributed by atoms with van der Waals surface area (Å²) in [6, 6.07) is 6.23. The van der Waals surface area contributed by atoms with Crippen LogP contribution in [0.1, 0.15) is 24.1 Å². The van der Waals surface area contributed by atoms with E-state index in [0.717, 1.165) is 29.4 Å². The van der Waals surface area contributed by atoms with Gasteiger partial charge in [-0.15, -0.1) is 0 Å². The summed E-state index contributed by atoms with van der Waals surface area (Å²) in [5.74, 6) is 0.165. The topological polar surface area (TPSA) is 142 Å². The maximum atomic E-state index is 11.5. The number of aromatic hydroxyl groups is 1. The van der Waals surface area contributed by atoms with Crippen LogP contribution in [0.5, 0.6) is 5.88 Å². The van der Waals surface area contributed by atoms with Gasteiger partial charge in [-0.25, -0.2) is 14.8 Å². The number of aromatic amines is 2. The molecule has 6 rings (SSSR count). The van der Waals surface area contributed by atoms with E-state index in [1.54, 1.807) is 23.1 Å². The van der Waals surface area contributed by atoms with E-state index >= 15 is 0 Å². The summed E-state index contributed by atoms with van der Waals surface area (Å²) in [6.07, 6.45) is 6.92. The molecule has 5 aromatic rings. The van der Waals surface area contributed by atoms with Crippen LogP contribution in [0.3, 0.4) is 0 Å². The van der Waals surface area contributed by atoms with E-state index in [9.17, 15) is 9.90 Å². The highest BCUT2D eigenvalue weighted by Gasteiger charge is 2.21. The molecule has 0 saturated heterocycles. The van der Waals surface area contributed by atoms with Crippen LogP contribution >= 0.6 is 0 Å². The minimum Gasteiger partial charge on any atom is -0.493 e. The van der Waals surface area contributed by atoms with Crippen molar-refractivity contribution < 1.29 is 5.11 Å². The average Bonchev–Trinajstić information content (AvgIpc) is 3.17. The van der Waals surface area contributed by atoms with Gasteiger partial charge in [0.2, 0.25) is 11.8 Å². The Bertz CT molecular complexity index is 1650. The van der Waals surface area contributed by atoms with Crippen LogP contribution in [-0.2, 0) is 0 Å². The summed E-state index contributed by atoms with van der Waals surface area (Å²) in [4.78, 5) is 34.9. The molecular weight excluding hydrogens is 398 g/mol. The van der Waals surface area contributed by atoms with Crippen molar-refractivity contribution >= 4 is 22.8 Å². The number of aromatic nitrogens is 8. The summed E-state index contributed by atoms with van der Waals surface area (Å²) < 4.78 is 3.38. The molecule has 11 nitrogen and oxygen atoms in total. The number of rotatable bonds is 3. The highest BCUT2D eigenvalue weighted by atomic mass is 16.3. The number of benzene rings is 1. The largest absolute Gasteiger partial charge is 0.493 e. The van der Waals surface area contributed by atoms with Gasteiger partial charge in [-0.05, 0) is 43.5 Å². The molecule has 31 heavy (non-hydrogen) atoms. The number of hydrogen-bond acceptors (Lipinski definition) is 7. The van der Waals surface area contributed by atoms with Crippen molar-refractivity contribution in [2.75, 3.05) is 0 Å². The van der Waals surface area contributed by atoms with E-state index in [-0.39, 0.29) is 17.6 Å². The molecule has 11 heteroatoms. The van der Waals surface area contributed by atoms with Gasteiger partial charge >= 0.3 is 5.69 Å². The molecule has 1 aromatic carbocycles. The smallest absolute Gasteiger partial charge is 0.326 e. The summed E-state index contributed by atoms with van der Waals surface area (Å²) in [5.41, 5.74) is 3.53. The molecule has 154 valence electrons. The molecule has 0 bridgehead atoms. The molecular formula is C20H17N9O2. The number of nitrogens with one attached hydrogen (secondary N) is 2. The molecule has 1 fully saturated rings. The molecule has 0 atom stereocenters. The highest BCUT2D eigenvalue weighted by Crippen LogP contribution is 2.22. The van der Waals surface area contributed by atoms with E-state index in [1.807, 2.05) is 29.7 Å². The van der Waals surface area contributed by atoms with Crippen LogP contribution < -0.4 is 16.5 Å². The number of H-pyrrole nitrogens is 2. The Kier molecular flexibility index (Phi) is 3.60. The fraction of sp³-hybridized carbons (Fsp3) is 0.200. The lowest BCUT2D eigenvalue weighted by atomic mass is 10.2. The minimum atomic E-state index is -0.500. The van der Waals surface area contributed by atoms with Gasteiger partial charge in [0.05, 0.1) is 23.3 Å². The Morgan fingerprint density at radius 2 is 2.13 bits per heavy atom. The van der Waals surface area contributed by atoms with Crippen molar-refractivity contribution in [3.63, 3.8) is 0 Å². The second kappa shape index (κ2) is 6.36. The Labute approximate surface area is 173 Å². The first-order chi connectivity index (χ1) is 15.0. The highest BCUT2D eigenvalue weighted by molar-refractivity contribution is 5.77. The third-order valence-electron chi connectivity index (χ3n) is 5.16. The van der Waals surface area contributed by atoms with Crippen molar-refractivity contribution in [2.24, 2.45) is 4.99 Å². The van der Waals surface area contributed by atoms with Gasteiger partial charge < -0.3 is 10.1 Å². The Morgan fingerprint density at radius 1 is 1.26 bits per heavy atom. The third kappa shape index (κ3) is 2.98. The molecule has 0 aliphatic heterocycles. The zero-order chi connectivity index (χ0) is 21.1. The maximum absolute atomic E-state index is 11.5. The lowest BCUT2D eigenvalue weighted by Gasteiger charge is -2.04. The predicted octanol–water partition coefficient (Wildman–Crippen LogP) is 0.104. The second-order valence-corrected chi connectivity index (χ2v) is 7.61. The zero-order valence-electron chi connectivity index (χ0n) is 16.4. The third-order valence-corrected chi connectivity index (χ3v) is 5.16. The summed E-state index contributed by atoms with van der Waals surface area (Å²) in [5, 5.41) is 14.9. The molecule has 0 spiro atoms. The van der Waals surface area contributed by atoms with E-state index in [2.05, 4.69) is 25.0 Å². The molecule has 3 N–H and O–H groups in total. The average molecular weight is 415 g/mol. The van der Waals surface area contributed by atoms with E-state index in [4.69, 9.17) is 9.98 Å². The second-order valence-electron chi connectivity index (χ2n) is 7.61. The van der Waals surface area contributed by atoms with Crippen molar-refractivity contribution in [2.45, 2.75) is 25.8 Å². The molecule has 1 aliphatic carbocycles. The first-order valence-corrected chi connectivity index (χ1v) is 9.82. The van der Waals surface area contributed by atoms with Crippen LogP contribution in [0.15, 0.2) is 40.5 Å². The molecule has 4 aromatic heterocycles. The number of nitrogens with zero attached hydrogens (tertiary/aromatic N) is 7. The van der Waals surface area contributed by atoms with Gasteiger partial charge in [0.25, 0.3) is 5.62 Å².